The molecule has 1 aliphatic heterocycles. The number of ether oxygens (including phenoxy) is 1. The summed E-state index contributed by atoms with van der Waals surface area (Å²) in [5.41, 5.74) is 3.62. The molecule has 2 aromatic carbocycles. The zero-order valence-corrected chi connectivity index (χ0v) is 16.4. The average Bonchev–Trinajstić information content (AvgIpc) is 2.94. The number of carbonyl (C=O) groups excluding carboxylic acids is 1. The normalized spacial score (nSPS) is 17.0. The minimum atomic E-state index is -0.153. The molecular weight excluding hydrogens is 368 g/mol. The topological polar surface area (TPSA) is 50.7 Å². The van der Waals surface area contributed by atoms with Gasteiger partial charge in [0.2, 0.25) is 0 Å². The maximum Gasteiger partial charge on any atom is 0.264 e. The van der Waals surface area contributed by atoms with Crippen LogP contribution in [0.4, 0.5) is 5.69 Å². The molecule has 1 N–H and O–H groups in total. The first-order valence-corrected chi connectivity index (χ1v) is 9.45. The van der Waals surface area contributed by atoms with E-state index in [0.29, 0.717) is 21.7 Å². The molecule has 1 heterocycles. The molecule has 1 aliphatic rings. The van der Waals surface area contributed by atoms with E-state index in [-0.39, 0.29) is 5.91 Å². The summed E-state index contributed by atoms with van der Waals surface area (Å²) < 4.78 is 5.55. The van der Waals surface area contributed by atoms with E-state index in [9.17, 15) is 4.79 Å². The van der Waals surface area contributed by atoms with Gasteiger partial charge in [-0.3, -0.25) is 4.79 Å². The van der Waals surface area contributed by atoms with E-state index in [2.05, 4.69) is 10.3 Å². The average molecular weight is 387 g/mol. The molecular formula is C20H19ClN2O2S. The van der Waals surface area contributed by atoms with Crippen LogP contribution < -0.4 is 10.1 Å². The Morgan fingerprint density at radius 3 is 2.81 bits per heavy atom. The summed E-state index contributed by atoms with van der Waals surface area (Å²) in [5, 5.41) is 4.01. The van der Waals surface area contributed by atoms with Gasteiger partial charge in [-0.15, -0.1) is 0 Å². The van der Waals surface area contributed by atoms with Gasteiger partial charge in [-0.05, 0) is 79.6 Å². The number of hydrogen-bond donors (Lipinski definition) is 1. The van der Waals surface area contributed by atoms with Gasteiger partial charge in [0.05, 0.1) is 17.2 Å². The number of rotatable bonds is 4. The third-order valence-corrected chi connectivity index (χ3v) is 5.23. The van der Waals surface area contributed by atoms with E-state index in [1.54, 1.807) is 0 Å². The first-order valence-electron chi connectivity index (χ1n) is 8.26. The molecule has 6 heteroatoms. The summed E-state index contributed by atoms with van der Waals surface area (Å²) in [6, 6.07) is 11.4. The second-order valence-electron chi connectivity index (χ2n) is 5.82. The Morgan fingerprint density at radius 2 is 2.08 bits per heavy atom. The van der Waals surface area contributed by atoms with Crippen LogP contribution in [-0.2, 0) is 4.79 Å². The number of nitrogens with zero attached hydrogens (tertiary/aromatic N) is 1. The zero-order chi connectivity index (χ0) is 18.7. The highest BCUT2D eigenvalue weighted by molar-refractivity contribution is 8.18. The van der Waals surface area contributed by atoms with Crippen molar-refractivity contribution in [1.29, 1.82) is 0 Å². The lowest BCUT2D eigenvalue weighted by molar-refractivity contribution is -0.115. The van der Waals surface area contributed by atoms with Crippen LogP contribution in [0.1, 0.15) is 23.6 Å². The Morgan fingerprint density at radius 1 is 1.27 bits per heavy atom. The number of hydrogen-bond acceptors (Lipinski definition) is 4. The summed E-state index contributed by atoms with van der Waals surface area (Å²) in [6.45, 7) is 6.48. The van der Waals surface area contributed by atoms with Crippen molar-refractivity contribution in [2.75, 3.05) is 6.61 Å². The van der Waals surface area contributed by atoms with Gasteiger partial charge in [0.15, 0.2) is 5.17 Å². The molecule has 0 saturated carbocycles. The summed E-state index contributed by atoms with van der Waals surface area (Å²) in [5.74, 6) is 0.705. The molecule has 0 bridgehead atoms. The minimum absolute atomic E-state index is 0.153. The van der Waals surface area contributed by atoms with Gasteiger partial charge in [-0.25, -0.2) is 4.99 Å². The predicted octanol–water partition coefficient (Wildman–Crippen LogP) is 5.25. The molecule has 4 nitrogen and oxygen atoms in total. The van der Waals surface area contributed by atoms with E-state index in [0.717, 1.165) is 28.1 Å². The van der Waals surface area contributed by atoms with E-state index in [4.69, 9.17) is 16.3 Å². The van der Waals surface area contributed by atoms with Gasteiger partial charge in [-0.2, -0.15) is 0 Å². The minimum Gasteiger partial charge on any atom is -0.494 e. The third-order valence-electron chi connectivity index (χ3n) is 3.91. The van der Waals surface area contributed by atoms with Gasteiger partial charge in [-0.1, -0.05) is 23.7 Å². The van der Waals surface area contributed by atoms with Crippen LogP contribution in [0.3, 0.4) is 0 Å². The lowest BCUT2D eigenvalue weighted by atomic mass is 10.1. The molecule has 134 valence electrons. The fraction of sp³-hybridized carbons (Fsp3) is 0.200. The molecule has 26 heavy (non-hydrogen) atoms. The van der Waals surface area contributed by atoms with Gasteiger partial charge in [0.1, 0.15) is 5.75 Å². The summed E-state index contributed by atoms with van der Waals surface area (Å²) >= 11 is 7.45. The molecule has 0 aliphatic carbocycles. The van der Waals surface area contributed by atoms with Crippen LogP contribution in [-0.4, -0.2) is 17.7 Å². The van der Waals surface area contributed by atoms with Crippen LogP contribution in [0.25, 0.3) is 6.08 Å². The number of amides is 1. The van der Waals surface area contributed by atoms with E-state index in [1.165, 1.54) is 11.8 Å². The monoisotopic (exact) mass is 386 g/mol. The molecule has 0 atom stereocenters. The fourth-order valence-corrected chi connectivity index (χ4v) is 3.54. The molecule has 1 amide bonds. The molecule has 0 spiro atoms. The quantitative estimate of drug-likeness (QED) is 0.730. The molecule has 3 rings (SSSR count). The molecule has 2 aromatic rings. The smallest absolute Gasteiger partial charge is 0.264 e. The second kappa shape index (κ2) is 7.98. The van der Waals surface area contributed by atoms with Crippen LogP contribution in [0.2, 0.25) is 5.02 Å². The summed E-state index contributed by atoms with van der Waals surface area (Å²) in [6.07, 6.45) is 1.86. The van der Waals surface area contributed by atoms with Crippen LogP contribution >= 0.6 is 23.4 Å². The van der Waals surface area contributed by atoms with Crippen molar-refractivity contribution >= 4 is 46.2 Å². The standard InChI is InChI=1S/C20H19ClN2O2S/c1-4-25-17-9-8-14(10-12(17)2)11-18-19(24)23-20(26-18)22-16-7-5-6-15(21)13(16)3/h5-11H,4H2,1-3H3,(H,22,23,24)/b18-11-. The molecule has 0 radical (unpaired) electrons. The number of halogens is 1. The predicted molar refractivity (Wildman–Crippen MR) is 109 cm³/mol. The molecule has 1 saturated heterocycles. The largest absolute Gasteiger partial charge is 0.494 e. The van der Waals surface area contributed by atoms with Gasteiger partial charge >= 0.3 is 0 Å². The van der Waals surface area contributed by atoms with Crippen molar-refractivity contribution in [1.82, 2.24) is 5.32 Å². The lowest BCUT2D eigenvalue weighted by Crippen LogP contribution is -2.19. The van der Waals surface area contributed by atoms with E-state index in [1.807, 2.05) is 63.2 Å². The van der Waals surface area contributed by atoms with Gasteiger partial charge in [0, 0.05) is 5.02 Å². The van der Waals surface area contributed by atoms with Crippen molar-refractivity contribution < 1.29 is 9.53 Å². The molecule has 0 unspecified atom stereocenters. The van der Waals surface area contributed by atoms with Crippen LogP contribution in [0.5, 0.6) is 5.75 Å². The Kier molecular flexibility index (Phi) is 5.69. The molecule has 0 aromatic heterocycles. The third kappa shape index (κ3) is 4.11. The first kappa shape index (κ1) is 18.5. The number of amidine groups is 1. The zero-order valence-electron chi connectivity index (χ0n) is 14.8. The Balaban J connectivity index is 1.83. The lowest BCUT2D eigenvalue weighted by Gasteiger charge is -2.07. The number of aliphatic imine (C=N–C) groups is 1. The van der Waals surface area contributed by atoms with Crippen molar-refractivity contribution in [3.63, 3.8) is 0 Å². The maximum atomic E-state index is 12.3. The van der Waals surface area contributed by atoms with Crippen LogP contribution in [0, 0.1) is 13.8 Å². The Labute approximate surface area is 162 Å². The van der Waals surface area contributed by atoms with Crippen molar-refractivity contribution in [3.05, 3.63) is 63.0 Å². The number of aryl methyl sites for hydroxylation is 1. The fourth-order valence-electron chi connectivity index (χ4n) is 2.54. The Hall–Kier alpha value is -2.24. The Bertz CT molecular complexity index is 922. The summed E-state index contributed by atoms with van der Waals surface area (Å²) in [7, 11) is 0. The maximum absolute atomic E-state index is 12.3. The van der Waals surface area contributed by atoms with Crippen molar-refractivity contribution in [3.8, 4) is 5.75 Å². The van der Waals surface area contributed by atoms with Crippen molar-refractivity contribution in [2.24, 2.45) is 4.99 Å². The number of thioether (sulfide) groups is 1. The summed E-state index contributed by atoms with van der Waals surface area (Å²) in [4.78, 5) is 17.4. The highest BCUT2D eigenvalue weighted by atomic mass is 35.5. The number of nitrogens with one attached hydrogen (secondary N) is 1. The second-order valence-corrected chi connectivity index (χ2v) is 7.26. The highest BCUT2D eigenvalue weighted by Crippen LogP contribution is 2.31. The van der Waals surface area contributed by atoms with Crippen LogP contribution in [0.15, 0.2) is 46.3 Å². The SMILES string of the molecule is CCOc1ccc(/C=C2\SC(=Nc3cccc(Cl)c3C)NC2=O)cc1C. The number of carbonyl (C=O) groups is 1. The van der Waals surface area contributed by atoms with E-state index >= 15 is 0 Å². The number of benzene rings is 2. The highest BCUT2D eigenvalue weighted by Gasteiger charge is 2.24. The first-order chi connectivity index (χ1) is 12.5. The van der Waals surface area contributed by atoms with Crippen molar-refractivity contribution in [2.45, 2.75) is 20.8 Å². The molecule has 1 fully saturated rings. The van der Waals surface area contributed by atoms with E-state index < -0.39 is 0 Å². The van der Waals surface area contributed by atoms with Gasteiger partial charge in [0.25, 0.3) is 5.91 Å². The van der Waals surface area contributed by atoms with Gasteiger partial charge < -0.3 is 10.1 Å².